The van der Waals surface area contributed by atoms with Crippen LogP contribution in [0.4, 0.5) is 0 Å². The van der Waals surface area contributed by atoms with E-state index in [2.05, 4.69) is 190 Å². The molecule has 0 atom stereocenters. The molecule has 0 fully saturated rings. The first-order valence-corrected chi connectivity index (χ1v) is 23.5. The molecule has 0 aliphatic carbocycles. The lowest BCUT2D eigenvalue weighted by Crippen LogP contribution is -2.09. The SMILES string of the molecule is [2H]c1c([2H])c([2H])c2c(c1[2H])c1ccccc1n2-c1nc(-c2c(-c3ccc4c5ccccc5n(-c5ccccc5)c4c3)cccc2-n2c3ccccc3c3ccccc32)cc(-n2c3ccccc3c3ccccc32)n1. The number of rotatable bonds is 6. The third-order valence-electron chi connectivity index (χ3n) is 14.1. The lowest BCUT2D eigenvalue weighted by molar-refractivity contribution is 0.951. The number of aromatic nitrogens is 6. The van der Waals surface area contributed by atoms with E-state index in [9.17, 15) is 2.74 Å². The van der Waals surface area contributed by atoms with Crippen molar-refractivity contribution >= 4 is 87.2 Å². The van der Waals surface area contributed by atoms with E-state index in [1.807, 2.05) is 47.0 Å². The Kier molecular flexibility index (Phi) is 7.44. The number of para-hydroxylation sites is 8. The zero-order valence-corrected chi connectivity index (χ0v) is 37.5. The molecule has 0 unspecified atom stereocenters. The van der Waals surface area contributed by atoms with Gasteiger partial charge in [0.05, 0.1) is 61.0 Å². The Morgan fingerprint density at radius 2 is 0.814 bits per heavy atom. The fraction of sp³-hybridized carbons (Fsp3) is 0. The zero-order valence-electron chi connectivity index (χ0n) is 41.5. The summed E-state index contributed by atoms with van der Waals surface area (Å²) in [6.07, 6.45) is 0. The molecule has 0 amide bonds. The largest absolute Gasteiger partial charge is 0.309 e. The average molecular weight is 897 g/mol. The van der Waals surface area contributed by atoms with Gasteiger partial charge in [0.1, 0.15) is 5.82 Å². The fourth-order valence-corrected chi connectivity index (χ4v) is 11.2. The van der Waals surface area contributed by atoms with Crippen LogP contribution in [0.25, 0.3) is 133 Å². The van der Waals surface area contributed by atoms with Crippen molar-refractivity contribution in [1.82, 2.24) is 28.2 Å². The van der Waals surface area contributed by atoms with Crippen LogP contribution in [0.15, 0.2) is 243 Å². The van der Waals surface area contributed by atoms with Gasteiger partial charge in [-0.15, -0.1) is 0 Å². The van der Waals surface area contributed by atoms with Crippen molar-refractivity contribution in [2.45, 2.75) is 0 Å². The van der Waals surface area contributed by atoms with E-state index in [0.29, 0.717) is 33.3 Å². The van der Waals surface area contributed by atoms with Crippen LogP contribution >= 0.6 is 0 Å². The number of benzene rings is 10. The summed E-state index contributed by atoms with van der Waals surface area (Å²) in [5.41, 5.74) is 12.5. The highest BCUT2D eigenvalue weighted by Crippen LogP contribution is 2.44. The van der Waals surface area contributed by atoms with Crippen molar-refractivity contribution in [2.75, 3.05) is 0 Å². The van der Waals surface area contributed by atoms with Gasteiger partial charge in [0.25, 0.3) is 0 Å². The molecule has 0 saturated carbocycles. The molecule has 5 heterocycles. The van der Waals surface area contributed by atoms with Crippen molar-refractivity contribution in [3.63, 3.8) is 0 Å². The van der Waals surface area contributed by atoms with Crippen LogP contribution in [-0.4, -0.2) is 28.2 Å². The molecule has 5 aromatic heterocycles. The van der Waals surface area contributed by atoms with Crippen LogP contribution in [0.3, 0.4) is 0 Å². The molecular weight excluding hydrogens is 853 g/mol. The van der Waals surface area contributed by atoms with Crippen LogP contribution in [0.5, 0.6) is 0 Å². The van der Waals surface area contributed by atoms with Crippen LogP contribution < -0.4 is 0 Å². The number of nitrogens with zero attached hydrogens (tertiary/aromatic N) is 6. The molecule has 70 heavy (non-hydrogen) atoms. The molecule has 10 aromatic carbocycles. The zero-order chi connectivity index (χ0) is 49.3. The highest BCUT2D eigenvalue weighted by molar-refractivity contribution is 6.13. The van der Waals surface area contributed by atoms with E-state index < -0.39 is 0 Å². The monoisotopic (exact) mass is 896 g/mol. The van der Waals surface area contributed by atoms with Crippen LogP contribution in [0.2, 0.25) is 0 Å². The van der Waals surface area contributed by atoms with Crippen LogP contribution in [0.1, 0.15) is 5.48 Å². The van der Waals surface area contributed by atoms with Crippen LogP contribution in [0, 0.1) is 0 Å². The van der Waals surface area contributed by atoms with Crippen molar-refractivity contribution < 1.29 is 5.48 Å². The van der Waals surface area contributed by atoms with E-state index >= 15 is 0 Å². The Labute approximate surface area is 407 Å². The predicted octanol–water partition coefficient (Wildman–Crippen LogP) is 16.2. The van der Waals surface area contributed by atoms with Gasteiger partial charge in [0.2, 0.25) is 5.95 Å². The Hall–Kier alpha value is -9.52. The van der Waals surface area contributed by atoms with Crippen molar-refractivity contribution in [2.24, 2.45) is 0 Å². The molecule has 0 aliphatic rings. The molecular formula is C64H40N6. The molecule has 326 valence electrons. The standard InChI is InChI=1S/C64H40N6/c1-2-19-42(20-3-1)67-53-29-11-4-27-50(53)51-38-37-41(39-61(51)67)43-28-18-36-60(68-54-30-12-5-21-44(54)45-22-6-13-31-55(45)68)63(43)52-40-62(69-56-32-14-7-23-46(56)47-24-8-15-33-57(47)69)66-64(65-52)70-58-34-16-9-25-48(58)49-26-10-17-35-59(49)70/h1-40H/i9D,16D,25D,34D. The Morgan fingerprint density at radius 1 is 0.329 bits per heavy atom. The maximum absolute atomic E-state index is 9.51. The maximum Gasteiger partial charge on any atom is 0.237 e. The predicted molar refractivity (Wildman–Crippen MR) is 290 cm³/mol. The van der Waals surface area contributed by atoms with E-state index in [0.717, 1.165) is 93.5 Å². The van der Waals surface area contributed by atoms with Gasteiger partial charge < -0.3 is 9.13 Å². The molecule has 0 spiro atoms. The summed E-state index contributed by atoms with van der Waals surface area (Å²) in [6, 6.07) is 75.0. The Balaban J connectivity index is 1.12. The molecule has 6 nitrogen and oxygen atoms in total. The molecule has 0 radical (unpaired) electrons. The molecule has 0 saturated heterocycles. The third-order valence-corrected chi connectivity index (χ3v) is 14.1. The molecule has 6 heteroatoms. The molecule has 0 bridgehead atoms. The second-order valence-corrected chi connectivity index (χ2v) is 17.8. The molecule has 15 aromatic rings. The maximum atomic E-state index is 9.51. The minimum atomic E-state index is -0.326. The van der Waals surface area contributed by atoms with Gasteiger partial charge in [-0.1, -0.05) is 170 Å². The minimum Gasteiger partial charge on any atom is -0.309 e. The number of hydrogen-bond donors (Lipinski definition) is 0. The van der Waals surface area contributed by atoms with E-state index in [1.54, 1.807) is 0 Å². The first kappa shape index (κ1) is 34.7. The number of fused-ring (bicyclic) bond motifs is 12. The average Bonchev–Trinajstić information content (AvgIpc) is 4.19. The normalized spacial score (nSPS) is 12.8. The fourth-order valence-electron chi connectivity index (χ4n) is 11.2. The smallest absolute Gasteiger partial charge is 0.237 e. The summed E-state index contributed by atoms with van der Waals surface area (Å²) < 4.78 is 45.3. The minimum absolute atomic E-state index is 0.114. The van der Waals surface area contributed by atoms with Gasteiger partial charge in [-0.05, 0) is 77.8 Å². The molecule has 15 rings (SSSR count). The second kappa shape index (κ2) is 15.0. The highest BCUT2D eigenvalue weighted by atomic mass is 15.2. The summed E-state index contributed by atoms with van der Waals surface area (Å²) in [6.45, 7) is 0. The van der Waals surface area contributed by atoms with Crippen molar-refractivity contribution in [1.29, 1.82) is 0 Å². The first-order valence-electron chi connectivity index (χ1n) is 25.5. The number of hydrogen-bond acceptors (Lipinski definition) is 2. The second-order valence-electron chi connectivity index (χ2n) is 17.8. The van der Waals surface area contributed by atoms with Gasteiger partial charge in [-0.2, -0.15) is 4.98 Å². The van der Waals surface area contributed by atoms with E-state index in [-0.39, 0.29) is 30.1 Å². The van der Waals surface area contributed by atoms with Crippen molar-refractivity contribution in [3.8, 4) is 45.5 Å². The van der Waals surface area contributed by atoms with Crippen LogP contribution in [-0.2, 0) is 0 Å². The summed E-state index contributed by atoms with van der Waals surface area (Å²) in [7, 11) is 0. The molecule has 0 aliphatic heterocycles. The summed E-state index contributed by atoms with van der Waals surface area (Å²) in [5, 5.41) is 7.79. The summed E-state index contributed by atoms with van der Waals surface area (Å²) >= 11 is 0. The quantitative estimate of drug-likeness (QED) is 0.167. The van der Waals surface area contributed by atoms with E-state index in [1.165, 1.54) is 0 Å². The summed E-state index contributed by atoms with van der Waals surface area (Å²) in [5.74, 6) is 0.857. The topological polar surface area (TPSA) is 45.5 Å². The van der Waals surface area contributed by atoms with E-state index in [4.69, 9.17) is 12.7 Å². The van der Waals surface area contributed by atoms with Gasteiger partial charge in [-0.3, -0.25) is 9.13 Å². The van der Waals surface area contributed by atoms with Gasteiger partial charge >= 0.3 is 0 Å². The third kappa shape index (κ3) is 5.56. The van der Waals surface area contributed by atoms with Gasteiger partial charge in [-0.25, -0.2) is 4.98 Å². The lowest BCUT2D eigenvalue weighted by Gasteiger charge is -2.20. The lowest BCUT2D eigenvalue weighted by atomic mass is 9.94. The van der Waals surface area contributed by atoms with Gasteiger partial charge in [0, 0.05) is 60.4 Å². The Bertz CT molecular complexity index is 4740. The van der Waals surface area contributed by atoms with Gasteiger partial charge in [0.15, 0.2) is 0 Å². The van der Waals surface area contributed by atoms with Crippen molar-refractivity contribution in [3.05, 3.63) is 243 Å². The first-order chi connectivity index (χ1) is 36.4. The Morgan fingerprint density at radius 3 is 1.41 bits per heavy atom. The molecule has 0 N–H and O–H groups in total. The summed E-state index contributed by atoms with van der Waals surface area (Å²) in [4.78, 5) is 11.2. The highest BCUT2D eigenvalue weighted by Gasteiger charge is 2.25.